The van der Waals surface area contributed by atoms with Crippen molar-refractivity contribution in [3.05, 3.63) is 41.2 Å². The first kappa shape index (κ1) is 14.6. The number of amides is 1. The molecule has 1 saturated carbocycles. The van der Waals surface area contributed by atoms with Crippen molar-refractivity contribution in [1.29, 1.82) is 0 Å². The van der Waals surface area contributed by atoms with Crippen LogP contribution in [-0.2, 0) is 4.79 Å². The van der Waals surface area contributed by atoms with Gasteiger partial charge in [0.05, 0.1) is 0 Å². The highest BCUT2D eigenvalue weighted by atomic mass is 19.2. The minimum absolute atomic E-state index is 0.174. The Morgan fingerprint density at radius 1 is 1.41 bits per heavy atom. The minimum atomic E-state index is -0.890. The summed E-state index contributed by atoms with van der Waals surface area (Å²) in [6.45, 7) is 3.91. The van der Waals surface area contributed by atoms with Gasteiger partial charge in [-0.1, -0.05) is 26.0 Å². The molecule has 22 heavy (non-hydrogen) atoms. The number of benzene rings is 1. The fraction of sp³-hybridized carbons (Fsp3) is 0.400. The molecule has 116 valence electrons. The van der Waals surface area contributed by atoms with E-state index in [4.69, 9.17) is 0 Å². The molecular weight excluding hydrogens is 290 g/mol. The number of anilines is 1. The number of nitrogens with zero attached hydrogens (tertiary/aromatic N) is 2. The summed E-state index contributed by atoms with van der Waals surface area (Å²) in [5, 5.41) is 9.26. The highest BCUT2D eigenvalue weighted by Crippen LogP contribution is 2.48. The van der Waals surface area contributed by atoms with Crippen LogP contribution < -0.4 is 5.32 Å². The van der Waals surface area contributed by atoms with E-state index in [1.807, 2.05) is 13.8 Å². The molecule has 2 N–H and O–H groups in total. The Labute approximate surface area is 126 Å². The van der Waals surface area contributed by atoms with Gasteiger partial charge in [0.1, 0.15) is 5.82 Å². The van der Waals surface area contributed by atoms with Gasteiger partial charge in [-0.3, -0.25) is 15.2 Å². The molecular formula is C15H16F2N4O. The number of carbonyl (C=O) groups is 1. The van der Waals surface area contributed by atoms with E-state index in [1.165, 1.54) is 12.1 Å². The van der Waals surface area contributed by atoms with Gasteiger partial charge in [-0.05, 0) is 24.0 Å². The van der Waals surface area contributed by atoms with Gasteiger partial charge in [-0.25, -0.2) is 8.78 Å². The van der Waals surface area contributed by atoms with Crippen LogP contribution in [0.25, 0.3) is 0 Å². The third-order valence-corrected chi connectivity index (χ3v) is 3.79. The molecule has 0 bridgehead atoms. The van der Waals surface area contributed by atoms with Crippen LogP contribution in [0.5, 0.6) is 0 Å². The number of hydrogen-bond donors (Lipinski definition) is 2. The molecule has 7 heteroatoms. The van der Waals surface area contributed by atoms with Crippen molar-refractivity contribution in [3.8, 4) is 0 Å². The predicted molar refractivity (Wildman–Crippen MR) is 76.3 cm³/mol. The van der Waals surface area contributed by atoms with E-state index in [9.17, 15) is 13.6 Å². The molecule has 2 atom stereocenters. The van der Waals surface area contributed by atoms with Crippen molar-refractivity contribution in [2.75, 3.05) is 5.32 Å². The maximum Gasteiger partial charge on any atom is 0.248 e. The maximum atomic E-state index is 13.7. The Hall–Kier alpha value is -2.31. The van der Waals surface area contributed by atoms with Crippen LogP contribution in [0.3, 0.4) is 0 Å². The summed E-state index contributed by atoms with van der Waals surface area (Å²) < 4.78 is 26.9. The fourth-order valence-corrected chi connectivity index (χ4v) is 2.43. The van der Waals surface area contributed by atoms with Crippen molar-refractivity contribution in [2.45, 2.75) is 32.1 Å². The third-order valence-electron chi connectivity index (χ3n) is 3.79. The lowest BCUT2D eigenvalue weighted by atomic mass is 10.1. The molecule has 3 rings (SSSR count). The van der Waals surface area contributed by atoms with Gasteiger partial charge in [0, 0.05) is 11.8 Å². The standard InChI is InChI=1S/C15H16F2N4O/c1-7(2)13-18-15(21-20-13)19-14(22)10-6-9(10)8-4-3-5-11(16)12(8)17/h3-5,7,9-10H,6H2,1-2H3,(H2,18,19,20,21,22). The smallest absolute Gasteiger partial charge is 0.248 e. The lowest BCUT2D eigenvalue weighted by Gasteiger charge is -2.03. The molecule has 5 nitrogen and oxygen atoms in total. The molecule has 0 saturated heterocycles. The quantitative estimate of drug-likeness (QED) is 0.912. The highest BCUT2D eigenvalue weighted by molar-refractivity contribution is 5.93. The summed E-state index contributed by atoms with van der Waals surface area (Å²) in [5.41, 5.74) is 0.248. The summed E-state index contributed by atoms with van der Waals surface area (Å²) >= 11 is 0. The number of carbonyl (C=O) groups excluding carboxylic acids is 1. The molecule has 1 aromatic heterocycles. The Morgan fingerprint density at radius 2 is 2.18 bits per heavy atom. The highest BCUT2D eigenvalue weighted by Gasteiger charge is 2.45. The second-order valence-corrected chi connectivity index (χ2v) is 5.78. The third kappa shape index (κ3) is 2.70. The zero-order chi connectivity index (χ0) is 15.9. The zero-order valence-corrected chi connectivity index (χ0v) is 12.2. The molecule has 0 aliphatic heterocycles. The molecule has 1 fully saturated rings. The van der Waals surface area contributed by atoms with Crippen LogP contribution in [-0.4, -0.2) is 21.1 Å². The molecule has 1 heterocycles. The topological polar surface area (TPSA) is 70.7 Å². The van der Waals surface area contributed by atoms with E-state index in [1.54, 1.807) is 0 Å². The minimum Gasteiger partial charge on any atom is -0.293 e. The Morgan fingerprint density at radius 3 is 2.86 bits per heavy atom. The van der Waals surface area contributed by atoms with E-state index in [0.717, 1.165) is 6.07 Å². The number of hydrogen-bond acceptors (Lipinski definition) is 3. The van der Waals surface area contributed by atoms with Crippen LogP contribution in [0.1, 0.15) is 43.5 Å². The number of rotatable bonds is 4. The number of aromatic nitrogens is 3. The SMILES string of the molecule is CC(C)c1nc(NC(=O)C2CC2c2cccc(F)c2F)n[nH]1. The Bertz CT molecular complexity index is 713. The largest absolute Gasteiger partial charge is 0.293 e. The van der Waals surface area contributed by atoms with Gasteiger partial charge < -0.3 is 0 Å². The predicted octanol–water partition coefficient (Wildman–Crippen LogP) is 2.95. The molecule has 0 spiro atoms. The fourth-order valence-electron chi connectivity index (χ4n) is 2.43. The summed E-state index contributed by atoms with van der Waals surface area (Å²) in [4.78, 5) is 16.3. The van der Waals surface area contributed by atoms with E-state index in [2.05, 4.69) is 20.5 Å². The molecule has 0 radical (unpaired) electrons. The van der Waals surface area contributed by atoms with E-state index >= 15 is 0 Å². The zero-order valence-electron chi connectivity index (χ0n) is 12.2. The van der Waals surface area contributed by atoms with Gasteiger partial charge in [-0.15, -0.1) is 5.10 Å². The van der Waals surface area contributed by atoms with Crippen molar-refractivity contribution in [2.24, 2.45) is 5.92 Å². The van der Waals surface area contributed by atoms with Crippen LogP contribution in [0.2, 0.25) is 0 Å². The molecule has 1 amide bonds. The van der Waals surface area contributed by atoms with E-state index < -0.39 is 11.6 Å². The number of aromatic amines is 1. The van der Waals surface area contributed by atoms with Gasteiger partial charge in [0.2, 0.25) is 11.9 Å². The summed E-state index contributed by atoms with van der Waals surface area (Å²) in [7, 11) is 0. The molecule has 2 aromatic rings. The Kier molecular flexibility index (Phi) is 3.64. The van der Waals surface area contributed by atoms with E-state index in [-0.39, 0.29) is 35.2 Å². The summed E-state index contributed by atoms with van der Waals surface area (Å²) in [6.07, 6.45) is 0.494. The van der Waals surface area contributed by atoms with Gasteiger partial charge in [0.25, 0.3) is 0 Å². The van der Waals surface area contributed by atoms with Gasteiger partial charge in [-0.2, -0.15) is 4.98 Å². The van der Waals surface area contributed by atoms with Crippen molar-refractivity contribution in [3.63, 3.8) is 0 Å². The Balaban J connectivity index is 1.66. The maximum absolute atomic E-state index is 13.7. The average Bonchev–Trinajstić information content (AvgIpc) is 3.13. The van der Waals surface area contributed by atoms with Gasteiger partial charge in [0.15, 0.2) is 11.6 Å². The normalized spacial score (nSPS) is 20.2. The van der Waals surface area contributed by atoms with Crippen LogP contribution in [0.4, 0.5) is 14.7 Å². The van der Waals surface area contributed by atoms with Crippen molar-refractivity contribution in [1.82, 2.24) is 15.2 Å². The van der Waals surface area contributed by atoms with Gasteiger partial charge >= 0.3 is 0 Å². The monoisotopic (exact) mass is 306 g/mol. The molecule has 1 aliphatic rings. The molecule has 1 aromatic carbocycles. The first-order valence-electron chi connectivity index (χ1n) is 7.14. The van der Waals surface area contributed by atoms with Crippen molar-refractivity contribution < 1.29 is 13.6 Å². The second-order valence-electron chi connectivity index (χ2n) is 5.78. The lowest BCUT2D eigenvalue weighted by molar-refractivity contribution is -0.117. The lowest BCUT2D eigenvalue weighted by Crippen LogP contribution is -2.16. The second kappa shape index (κ2) is 5.47. The summed E-state index contributed by atoms with van der Waals surface area (Å²) in [5.74, 6) is -1.65. The number of nitrogens with one attached hydrogen (secondary N) is 2. The van der Waals surface area contributed by atoms with Crippen molar-refractivity contribution >= 4 is 11.9 Å². The number of H-pyrrole nitrogens is 1. The average molecular weight is 306 g/mol. The van der Waals surface area contributed by atoms with Crippen LogP contribution in [0.15, 0.2) is 18.2 Å². The number of halogens is 2. The molecule has 1 aliphatic carbocycles. The van der Waals surface area contributed by atoms with Crippen LogP contribution in [0, 0.1) is 17.6 Å². The summed E-state index contributed by atoms with van der Waals surface area (Å²) in [6, 6.07) is 4.03. The molecule has 2 unspecified atom stereocenters. The first-order valence-corrected chi connectivity index (χ1v) is 7.14. The van der Waals surface area contributed by atoms with E-state index in [0.29, 0.717) is 12.2 Å². The first-order chi connectivity index (χ1) is 10.5. The van der Waals surface area contributed by atoms with Crippen LogP contribution >= 0.6 is 0 Å².